The van der Waals surface area contributed by atoms with E-state index in [9.17, 15) is 9.59 Å². The first-order chi connectivity index (χ1) is 11.6. The molecule has 1 aliphatic rings. The molecule has 2 rings (SSSR count). The molecule has 0 saturated carbocycles. The zero-order valence-electron chi connectivity index (χ0n) is 14.8. The molecule has 1 fully saturated rings. The van der Waals surface area contributed by atoms with Crippen molar-refractivity contribution in [1.29, 1.82) is 0 Å². The molecular formula is C19H30N3O2+. The van der Waals surface area contributed by atoms with Crippen molar-refractivity contribution in [1.82, 2.24) is 10.6 Å². The summed E-state index contributed by atoms with van der Waals surface area (Å²) < 4.78 is 0. The normalized spacial score (nSPS) is 21.8. The monoisotopic (exact) mass is 332 g/mol. The molecule has 0 radical (unpaired) electrons. The van der Waals surface area contributed by atoms with Crippen LogP contribution < -0.4 is 15.5 Å². The maximum atomic E-state index is 12.1. The second-order valence-corrected chi connectivity index (χ2v) is 6.74. The zero-order valence-corrected chi connectivity index (χ0v) is 14.8. The predicted molar refractivity (Wildman–Crippen MR) is 94.7 cm³/mol. The highest BCUT2D eigenvalue weighted by atomic mass is 16.2. The van der Waals surface area contributed by atoms with Crippen LogP contribution in [0, 0.1) is 5.92 Å². The highest BCUT2D eigenvalue weighted by Crippen LogP contribution is 2.16. The van der Waals surface area contributed by atoms with E-state index in [1.807, 2.05) is 6.92 Å². The smallest absolute Gasteiger partial charge is 0.275 e. The van der Waals surface area contributed by atoms with Gasteiger partial charge in [0.25, 0.3) is 5.91 Å². The molecule has 132 valence electrons. The molecule has 0 unspecified atom stereocenters. The lowest BCUT2D eigenvalue weighted by Crippen LogP contribution is -3.14. The Morgan fingerprint density at radius 2 is 1.88 bits per heavy atom. The minimum Gasteiger partial charge on any atom is -0.355 e. The average Bonchev–Trinajstić information content (AvgIpc) is 2.57. The van der Waals surface area contributed by atoms with E-state index in [4.69, 9.17) is 0 Å². The summed E-state index contributed by atoms with van der Waals surface area (Å²) in [4.78, 5) is 25.1. The van der Waals surface area contributed by atoms with Gasteiger partial charge in [-0.05, 0) is 44.6 Å². The fourth-order valence-corrected chi connectivity index (χ4v) is 3.33. The molecular weight excluding hydrogens is 302 g/mol. The zero-order chi connectivity index (χ0) is 17.4. The van der Waals surface area contributed by atoms with Crippen LogP contribution in [-0.4, -0.2) is 44.0 Å². The maximum Gasteiger partial charge on any atom is 0.275 e. The van der Waals surface area contributed by atoms with E-state index in [0.29, 0.717) is 19.0 Å². The number of nitrogens with one attached hydrogen (secondary N) is 3. The van der Waals surface area contributed by atoms with Crippen LogP contribution in [0.2, 0.25) is 0 Å². The number of piperidine rings is 1. The lowest BCUT2D eigenvalue weighted by Gasteiger charge is -2.29. The average molecular weight is 332 g/mol. The van der Waals surface area contributed by atoms with E-state index in [1.54, 1.807) is 6.92 Å². The molecule has 1 aromatic rings. The topological polar surface area (TPSA) is 62.6 Å². The van der Waals surface area contributed by atoms with Gasteiger partial charge < -0.3 is 15.5 Å². The van der Waals surface area contributed by atoms with Crippen molar-refractivity contribution in [3.05, 3.63) is 35.9 Å². The molecule has 0 aromatic heterocycles. The summed E-state index contributed by atoms with van der Waals surface area (Å²) in [5, 5.41) is 5.51. The molecule has 1 aliphatic heterocycles. The largest absolute Gasteiger partial charge is 0.355 e. The number of likely N-dealkylation sites (N-methyl/N-ethyl adjacent to an activating group) is 1. The summed E-state index contributed by atoms with van der Waals surface area (Å²) in [6, 6.07) is 10.2. The SMILES string of the molecule is CCNC(=O)[C@H](C)NC(=O)C[NH+]1CCC(Cc2ccccc2)CC1. The third-order valence-corrected chi connectivity index (χ3v) is 4.71. The summed E-state index contributed by atoms with van der Waals surface area (Å²) in [6.07, 6.45) is 3.45. The van der Waals surface area contributed by atoms with Gasteiger partial charge in [0.2, 0.25) is 5.91 Å². The number of hydrogen-bond acceptors (Lipinski definition) is 2. The standard InChI is InChI=1S/C19H29N3O2/c1-3-20-19(24)15(2)21-18(23)14-22-11-9-17(10-12-22)13-16-7-5-4-6-8-16/h4-8,15,17H,3,9-14H2,1-2H3,(H,20,24)(H,21,23)/p+1/t15-/m0/s1. The Labute approximate surface area is 144 Å². The summed E-state index contributed by atoms with van der Waals surface area (Å²) in [5.41, 5.74) is 1.40. The van der Waals surface area contributed by atoms with Crippen LogP contribution >= 0.6 is 0 Å². The van der Waals surface area contributed by atoms with Gasteiger partial charge >= 0.3 is 0 Å². The lowest BCUT2D eigenvalue weighted by atomic mass is 9.90. The fraction of sp³-hybridized carbons (Fsp3) is 0.579. The highest BCUT2D eigenvalue weighted by Gasteiger charge is 2.25. The van der Waals surface area contributed by atoms with Crippen LogP contribution in [0.15, 0.2) is 30.3 Å². The Morgan fingerprint density at radius 1 is 1.21 bits per heavy atom. The molecule has 3 N–H and O–H groups in total. The van der Waals surface area contributed by atoms with Gasteiger partial charge in [-0.3, -0.25) is 9.59 Å². The minimum atomic E-state index is -0.465. The van der Waals surface area contributed by atoms with Gasteiger partial charge in [-0.25, -0.2) is 0 Å². The fourth-order valence-electron chi connectivity index (χ4n) is 3.33. The number of quaternary nitrogens is 1. The van der Waals surface area contributed by atoms with Gasteiger partial charge in [0.05, 0.1) is 13.1 Å². The van der Waals surface area contributed by atoms with Crippen LogP contribution in [0.3, 0.4) is 0 Å². The van der Waals surface area contributed by atoms with Crippen molar-refractivity contribution in [2.24, 2.45) is 5.92 Å². The first-order valence-corrected chi connectivity index (χ1v) is 9.03. The summed E-state index contributed by atoms with van der Waals surface area (Å²) in [7, 11) is 0. The molecule has 2 amide bonds. The Morgan fingerprint density at radius 3 is 2.50 bits per heavy atom. The molecule has 1 aromatic carbocycles. The third-order valence-electron chi connectivity index (χ3n) is 4.71. The van der Waals surface area contributed by atoms with Crippen molar-refractivity contribution in [3.8, 4) is 0 Å². The van der Waals surface area contributed by atoms with Crippen LogP contribution in [0.4, 0.5) is 0 Å². The number of likely N-dealkylation sites (tertiary alicyclic amines) is 1. The van der Waals surface area contributed by atoms with Crippen molar-refractivity contribution in [3.63, 3.8) is 0 Å². The van der Waals surface area contributed by atoms with Gasteiger partial charge in [-0.1, -0.05) is 30.3 Å². The van der Waals surface area contributed by atoms with Crippen molar-refractivity contribution < 1.29 is 14.5 Å². The minimum absolute atomic E-state index is 0.0368. The quantitative estimate of drug-likeness (QED) is 0.666. The number of hydrogen-bond donors (Lipinski definition) is 3. The first-order valence-electron chi connectivity index (χ1n) is 9.03. The number of carbonyl (C=O) groups excluding carboxylic acids is 2. The van der Waals surface area contributed by atoms with Gasteiger partial charge in [-0.2, -0.15) is 0 Å². The van der Waals surface area contributed by atoms with E-state index in [0.717, 1.165) is 32.4 Å². The molecule has 24 heavy (non-hydrogen) atoms. The highest BCUT2D eigenvalue weighted by molar-refractivity contribution is 5.87. The maximum absolute atomic E-state index is 12.1. The van der Waals surface area contributed by atoms with Crippen molar-refractivity contribution >= 4 is 11.8 Å². The van der Waals surface area contributed by atoms with E-state index >= 15 is 0 Å². The number of benzene rings is 1. The Bertz CT molecular complexity index is 525. The van der Waals surface area contributed by atoms with E-state index in [1.165, 1.54) is 10.5 Å². The van der Waals surface area contributed by atoms with E-state index in [-0.39, 0.29) is 11.8 Å². The van der Waals surface area contributed by atoms with Crippen LogP contribution in [-0.2, 0) is 16.0 Å². The molecule has 0 bridgehead atoms. The Kier molecular flexibility index (Phi) is 7.25. The van der Waals surface area contributed by atoms with Gasteiger partial charge in [-0.15, -0.1) is 0 Å². The van der Waals surface area contributed by atoms with E-state index in [2.05, 4.69) is 41.0 Å². The van der Waals surface area contributed by atoms with Crippen molar-refractivity contribution in [2.75, 3.05) is 26.2 Å². The molecule has 1 saturated heterocycles. The van der Waals surface area contributed by atoms with Crippen LogP contribution in [0.25, 0.3) is 0 Å². The lowest BCUT2D eigenvalue weighted by molar-refractivity contribution is -0.898. The summed E-state index contributed by atoms with van der Waals surface area (Å²) in [6.45, 7) is 6.70. The molecule has 5 heteroatoms. The Hall–Kier alpha value is -1.88. The molecule has 1 heterocycles. The second-order valence-electron chi connectivity index (χ2n) is 6.74. The Balaban J connectivity index is 1.69. The third kappa shape index (κ3) is 5.96. The second kappa shape index (κ2) is 9.42. The van der Waals surface area contributed by atoms with Gasteiger partial charge in [0, 0.05) is 6.54 Å². The number of carbonyl (C=O) groups is 2. The molecule has 5 nitrogen and oxygen atoms in total. The summed E-state index contributed by atoms with van der Waals surface area (Å²) >= 11 is 0. The molecule has 1 atom stereocenters. The van der Waals surface area contributed by atoms with E-state index < -0.39 is 6.04 Å². The van der Waals surface area contributed by atoms with Crippen LogP contribution in [0.1, 0.15) is 32.3 Å². The van der Waals surface area contributed by atoms with Crippen molar-refractivity contribution in [2.45, 2.75) is 39.2 Å². The number of amides is 2. The van der Waals surface area contributed by atoms with Gasteiger partial charge in [0.1, 0.15) is 6.04 Å². The predicted octanol–water partition coefficient (Wildman–Crippen LogP) is 0.165. The molecule has 0 spiro atoms. The number of rotatable bonds is 7. The molecule has 0 aliphatic carbocycles. The van der Waals surface area contributed by atoms with Crippen LogP contribution in [0.5, 0.6) is 0 Å². The summed E-state index contributed by atoms with van der Waals surface area (Å²) in [5.74, 6) is 0.557. The first kappa shape index (κ1) is 18.5. The van der Waals surface area contributed by atoms with Gasteiger partial charge in [0.15, 0.2) is 6.54 Å².